The van der Waals surface area contributed by atoms with Gasteiger partial charge in [0, 0.05) is 41.3 Å². The highest BCUT2D eigenvalue weighted by molar-refractivity contribution is 6.44. The number of hydrogen-bond acceptors (Lipinski definition) is 4. The van der Waals surface area contributed by atoms with Crippen LogP contribution in [0.15, 0.2) is 30.5 Å². The highest BCUT2D eigenvalue weighted by Crippen LogP contribution is 2.46. The molecule has 6 rings (SSSR count). The van der Waals surface area contributed by atoms with E-state index in [1.807, 2.05) is 30.5 Å². The Labute approximate surface area is 189 Å². The quantitative estimate of drug-likeness (QED) is 0.587. The highest BCUT2D eigenvalue weighted by Gasteiger charge is 2.45. The van der Waals surface area contributed by atoms with Crippen LogP contribution >= 0.6 is 0 Å². The normalized spacial score (nSPS) is 35.0. The van der Waals surface area contributed by atoms with Crippen LogP contribution < -0.4 is 5.73 Å². The summed E-state index contributed by atoms with van der Waals surface area (Å²) in [5.74, 6) is 0.343. The maximum Gasteiger partial charge on any atom is 0.289 e. The summed E-state index contributed by atoms with van der Waals surface area (Å²) in [4.78, 5) is 27.0. The van der Waals surface area contributed by atoms with Gasteiger partial charge in [-0.05, 0) is 50.0 Å². The summed E-state index contributed by atoms with van der Waals surface area (Å²) >= 11 is 0. The molecule has 2 saturated heterocycles. The number of morpholine rings is 1. The molecule has 0 radical (unpaired) electrons. The number of Topliss-reactive ketones (excluding diaryl/α,β-unsaturated/α-hetero) is 1. The van der Waals surface area contributed by atoms with Crippen LogP contribution in [-0.4, -0.2) is 52.5 Å². The Morgan fingerprint density at radius 3 is 2.25 bits per heavy atom. The number of primary amides is 1. The van der Waals surface area contributed by atoms with Gasteiger partial charge in [0.15, 0.2) is 0 Å². The number of benzene rings is 1. The molecular weight excluding hydrogens is 402 g/mol. The molecule has 4 unspecified atom stereocenters. The monoisotopic (exact) mass is 435 g/mol. The van der Waals surface area contributed by atoms with Crippen LogP contribution in [0.25, 0.3) is 10.9 Å². The van der Waals surface area contributed by atoms with Gasteiger partial charge >= 0.3 is 0 Å². The van der Waals surface area contributed by atoms with Crippen LogP contribution in [0.1, 0.15) is 67.8 Å². The van der Waals surface area contributed by atoms with Crippen LogP contribution in [0.3, 0.4) is 0 Å². The van der Waals surface area contributed by atoms with E-state index < -0.39 is 11.7 Å². The Morgan fingerprint density at radius 1 is 0.875 bits per heavy atom. The molecule has 3 heterocycles. The first-order chi connectivity index (χ1) is 15.6. The topological polar surface area (TPSA) is 77.6 Å². The van der Waals surface area contributed by atoms with Gasteiger partial charge in [0.1, 0.15) is 0 Å². The van der Waals surface area contributed by atoms with Crippen LogP contribution in [-0.2, 0) is 9.53 Å². The van der Waals surface area contributed by atoms with Gasteiger partial charge in [-0.3, -0.25) is 14.5 Å². The van der Waals surface area contributed by atoms with Crippen LogP contribution in [0.5, 0.6) is 0 Å². The highest BCUT2D eigenvalue weighted by atomic mass is 16.5. The predicted molar refractivity (Wildman–Crippen MR) is 122 cm³/mol. The molecule has 1 aromatic heterocycles. The Kier molecular flexibility index (Phi) is 5.10. The Morgan fingerprint density at radius 2 is 1.56 bits per heavy atom. The van der Waals surface area contributed by atoms with Crippen molar-refractivity contribution in [3.05, 3.63) is 36.0 Å². The second-order valence-corrected chi connectivity index (χ2v) is 10.6. The first-order valence-electron chi connectivity index (χ1n) is 12.4. The number of carbonyl (C=O) groups excluding carboxylic acids is 2. The van der Waals surface area contributed by atoms with E-state index in [0.29, 0.717) is 29.7 Å². The molecule has 4 atom stereocenters. The number of aromatic nitrogens is 1. The van der Waals surface area contributed by atoms with E-state index in [0.717, 1.165) is 48.8 Å². The van der Waals surface area contributed by atoms with Crippen molar-refractivity contribution in [1.29, 1.82) is 0 Å². The van der Waals surface area contributed by atoms with E-state index in [-0.39, 0.29) is 0 Å². The van der Waals surface area contributed by atoms with Gasteiger partial charge in [0.25, 0.3) is 11.7 Å². The van der Waals surface area contributed by atoms with E-state index in [4.69, 9.17) is 10.5 Å². The van der Waals surface area contributed by atoms with E-state index >= 15 is 0 Å². The van der Waals surface area contributed by atoms with Crippen molar-refractivity contribution < 1.29 is 14.3 Å². The van der Waals surface area contributed by atoms with Crippen LogP contribution in [0.2, 0.25) is 0 Å². The number of hydrogen-bond donors (Lipinski definition) is 1. The minimum Gasteiger partial charge on any atom is -0.378 e. The van der Waals surface area contributed by atoms with E-state index in [1.54, 1.807) is 0 Å². The largest absolute Gasteiger partial charge is 0.378 e. The third kappa shape index (κ3) is 3.39. The number of amides is 1. The minimum absolute atomic E-state index is 0.299. The second-order valence-electron chi connectivity index (χ2n) is 10.6. The summed E-state index contributed by atoms with van der Waals surface area (Å²) in [5.41, 5.74) is 6.78. The standard InChI is InChI=1S/C26H33N3O3/c27-26(31)25(30)23-13-28(24-7-2-1-6-22(23)24)18-11-20-14-32-15-21(12-18)29(20)19-9-16-4-3-5-17(8-16)10-19/h1-2,6-7,13,16-21H,3-5,8-12,14-15H2,(H2,27,31). The van der Waals surface area contributed by atoms with Gasteiger partial charge in [-0.2, -0.15) is 0 Å². The molecule has 2 aliphatic carbocycles. The van der Waals surface area contributed by atoms with Gasteiger partial charge in [-0.25, -0.2) is 0 Å². The van der Waals surface area contributed by atoms with Crippen molar-refractivity contribution in [3.63, 3.8) is 0 Å². The third-order valence-corrected chi connectivity index (χ3v) is 8.68. The first-order valence-corrected chi connectivity index (χ1v) is 12.4. The third-order valence-electron chi connectivity index (χ3n) is 8.68. The fraction of sp³-hybridized carbons (Fsp3) is 0.615. The number of piperidine rings is 1. The maximum absolute atomic E-state index is 12.5. The van der Waals surface area contributed by atoms with E-state index in [2.05, 4.69) is 9.47 Å². The fourth-order valence-corrected chi connectivity index (χ4v) is 7.50. The molecular formula is C26H33N3O3. The first kappa shape index (κ1) is 20.4. The smallest absolute Gasteiger partial charge is 0.289 e. The van der Waals surface area contributed by atoms with Gasteiger partial charge in [0.2, 0.25) is 0 Å². The zero-order chi connectivity index (χ0) is 21.8. The SMILES string of the molecule is NC(=O)C(=O)c1cn(C2CC3COCC(C2)N3C2CC3CCCC(C3)C2)c2ccccc12. The number of nitrogens with two attached hydrogens (primary N) is 1. The lowest BCUT2D eigenvalue weighted by Gasteiger charge is -2.55. The lowest BCUT2D eigenvalue weighted by Crippen LogP contribution is -2.61. The summed E-state index contributed by atoms with van der Waals surface area (Å²) in [6.07, 6.45) is 12.3. The molecule has 4 aliphatic rings. The van der Waals surface area contributed by atoms with Crippen molar-refractivity contribution in [2.24, 2.45) is 17.6 Å². The average Bonchev–Trinajstić information content (AvgIpc) is 3.17. The molecule has 4 bridgehead atoms. The molecule has 2 aliphatic heterocycles. The number of para-hydroxylation sites is 1. The van der Waals surface area contributed by atoms with Gasteiger partial charge in [-0.1, -0.05) is 37.5 Å². The molecule has 6 heteroatoms. The number of fused-ring (bicyclic) bond motifs is 5. The van der Waals surface area contributed by atoms with Crippen LogP contribution in [0, 0.1) is 11.8 Å². The molecule has 2 N–H and O–H groups in total. The Balaban J connectivity index is 1.30. The fourth-order valence-electron chi connectivity index (χ4n) is 7.50. The summed E-state index contributed by atoms with van der Waals surface area (Å²) in [6.45, 7) is 1.59. The molecule has 4 fully saturated rings. The summed E-state index contributed by atoms with van der Waals surface area (Å²) in [5, 5.41) is 0.820. The van der Waals surface area contributed by atoms with Crippen molar-refractivity contribution >= 4 is 22.6 Å². The maximum atomic E-state index is 12.5. The number of ether oxygens (including phenoxy) is 1. The van der Waals surface area contributed by atoms with E-state index in [1.165, 1.54) is 38.5 Å². The minimum atomic E-state index is -0.893. The molecule has 6 nitrogen and oxygen atoms in total. The number of nitrogens with zero attached hydrogens (tertiary/aromatic N) is 2. The molecule has 1 amide bonds. The lowest BCUT2D eigenvalue weighted by atomic mass is 9.69. The molecule has 1 aromatic carbocycles. The number of carbonyl (C=O) groups is 2. The predicted octanol–water partition coefficient (Wildman–Crippen LogP) is 3.68. The molecule has 2 aromatic rings. The van der Waals surface area contributed by atoms with E-state index in [9.17, 15) is 9.59 Å². The zero-order valence-corrected chi connectivity index (χ0v) is 18.6. The van der Waals surface area contributed by atoms with Gasteiger partial charge < -0.3 is 15.0 Å². The molecule has 2 saturated carbocycles. The van der Waals surface area contributed by atoms with Crippen molar-refractivity contribution in [2.45, 2.75) is 75.5 Å². The summed E-state index contributed by atoms with van der Waals surface area (Å²) in [6, 6.07) is 9.73. The van der Waals surface area contributed by atoms with Gasteiger partial charge in [0.05, 0.1) is 18.8 Å². The van der Waals surface area contributed by atoms with Crippen molar-refractivity contribution in [1.82, 2.24) is 9.47 Å². The van der Waals surface area contributed by atoms with Crippen LogP contribution in [0.4, 0.5) is 0 Å². The summed E-state index contributed by atoms with van der Waals surface area (Å²) < 4.78 is 8.27. The average molecular weight is 436 g/mol. The van der Waals surface area contributed by atoms with Crippen molar-refractivity contribution in [3.8, 4) is 0 Å². The number of rotatable bonds is 4. The summed E-state index contributed by atoms with van der Waals surface area (Å²) in [7, 11) is 0. The Hall–Kier alpha value is -2.18. The van der Waals surface area contributed by atoms with Gasteiger partial charge in [-0.15, -0.1) is 0 Å². The Bertz CT molecular complexity index is 1020. The second kappa shape index (κ2) is 7.99. The molecule has 170 valence electrons. The zero-order valence-electron chi connectivity index (χ0n) is 18.6. The van der Waals surface area contributed by atoms with Crippen molar-refractivity contribution in [2.75, 3.05) is 13.2 Å². The molecule has 32 heavy (non-hydrogen) atoms. The lowest BCUT2D eigenvalue weighted by molar-refractivity contribution is -0.118. The molecule has 0 spiro atoms. The number of ketones is 1.